The van der Waals surface area contributed by atoms with Crippen LogP contribution in [0, 0.1) is 0 Å². The Morgan fingerprint density at radius 1 is 0.688 bits per heavy atom. The summed E-state index contributed by atoms with van der Waals surface area (Å²) in [5.74, 6) is -1.77. The van der Waals surface area contributed by atoms with Crippen LogP contribution in [0.1, 0.15) is 23.0 Å². The Hall–Kier alpha value is -5.02. The minimum atomic E-state index is -1.34. The van der Waals surface area contributed by atoms with Crippen LogP contribution in [-0.2, 0) is 60.7 Å². The molecule has 2 saturated heterocycles. The van der Waals surface area contributed by atoms with Gasteiger partial charge in [-0.15, -0.1) is 0 Å². The second-order valence-electron chi connectivity index (χ2n) is 10.7. The summed E-state index contributed by atoms with van der Waals surface area (Å²) in [6.45, 7) is -1.09. The first kappa shape index (κ1) is 34.3. The van der Waals surface area contributed by atoms with Crippen LogP contribution in [-0.4, -0.2) is 81.6 Å². The number of rotatable bonds is 12. The third kappa shape index (κ3) is 9.75. The number of methoxy groups -OCH3 is 1. The molecule has 5 rings (SSSR count). The van der Waals surface area contributed by atoms with Crippen LogP contribution in [0.15, 0.2) is 91.0 Å². The Bertz CT molecular complexity index is 1490. The van der Waals surface area contributed by atoms with Crippen LogP contribution < -0.4 is 10.6 Å². The molecule has 2 N–H and O–H groups in total. The van der Waals surface area contributed by atoms with Gasteiger partial charge in [0, 0.05) is 12.7 Å². The molecule has 48 heavy (non-hydrogen) atoms. The predicted molar refractivity (Wildman–Crippen MR) is 165 cm³/mol. The maximum atomic E-state index is 13.1. The van der Waals surface area contributed by atoms with Gasteiger partial charge in [0.2, 0.25) is 0 Å². The van der Waals surface area contributed by atoms with E-state index >= 15 is 0 Å². The van der Waals surface area contributed by atoms with E-state index < -0.39 is 74.2 Å². The monoisotopic (exact) mass is 664 g/mol. The number of carbonyl (C=O) groups excluding carboxylic acids is 4. The molecular weight excluding hydrogens is 628 g/mol. The highest BCUT2D eigenvalue weighted by Gasteiger charge is 2.54. The molecule has 14 nitrogen and oxygen atoms in total. The maximum Gasteiger partial charge on any atom is 0.407 e. The van der Waals surface area contributed by atoms with Crippen LogP contribution in [0.2, 0.25) is 0 Å². The first-order valence-electron chi connectivity index (χ1n) is 15.2. The van der Waals surface area contributed by atoms with E-state index in [4.69, 9.17) is 37.9 Å². The Morgan fingerprint density at radius 2 is 1.19 bits per heavy atom. The van der Waals surface area contributed by atoms with E-state index in [0.29, 0.717) is 5.56 Å². The molecule has 254 valence electrons. The van der Waals surface area contributed by atoms with Gasteiger partial charge in [0.15, 0.2) is 24.8 Å². The highest BCUT2D eigenvalue weighted by Crippen LogP contribution is 2.36. The Balaban J connectivity index is 1.23. The fourth-order valence-corrected chi connectivity index (χ4v) is 5.00. The van der Waals surface area contributed by atoms with E-state index in [1.54, 1.807) is 60.7 Å². The Labute approximate surface area is 276 Å². The lowest BCUT2D eigenvalue weighted by atomic mass is 9.97. The molecule has 2 amide bonds. The zero-order chi connectivity index (χ0) is 33.7. The summed E-state index contributed by atoms with van der Waals surface area (Å²) in [7, 11) is 1.32. The smallest absolute Gasteiger partial charge is 0.407 e. The van der Waals surface area contributed by atoms with E-state index in [-0.39, 0.29) is 19.8 Å². The summed E-state index contributed by atoms with van der Waals surface area (Å²) in [5.41, 5.74) is 2.23. The predicted octanol–water partition coefficient (Wildman–Crippen LogP) is 3.15. The molecule has 0 bridgehead atoms. The molecule has 6 unspecified atom stereocenters. The van der Waals surface area contributed by atoms with Crippen molar-refractivity contribution < 1.29 is 57.1 Å². The number of nitrogens with one attached hydrogen (secondary N) is 2. The normalized spacial score (nSPS) is 23.1. The number of hydrogen-bond acceptors (Lipinski definition) is 12. The third-order valence-corrected chi connectivity index (χ3v) is 7.30. The van der Waals surface area contributed by atoms with Crippen molar-refractivity contribution >= 4 is 24.1 Å². The van der Waals surface area contributed by atoms with Crippen LogP contribution in [0.25, 0.3) is 0 Å². The summed E-state index contributed by atoms with van der Waals surface area (Å²) in [6.07, 6.45) is -8.10. The van der Waals surface area contributed by atoms with E-state index in [0.717, 1.165) is 11.1 Å². The lowest BCUT2D eigenvalue weighted by Gasteiger charge is -2.47. The van der Waals surface area contributed by atoms with Crippen molar-refractivity contribution in [2.45, 2.75) is 50.2 Å². The molecule has 0 spiro atoms. The number of hydrogen-bond donors (Lipinski definition) is 2. The van der Waals surface area contributed by atoms with Crippen molar-refractivity contribution in [3.8, 4) is 0 Å². The van der Waals surface area contributed by atoms with Crippen LogP contribution in [0.5, 0.6) is 0 Å². The maximum absolute atomic E-state index is 13.1. The van der Waals surface area contributed by atoms with Gasteiger partial charge in [0.05, 0.1) is 6.61 Å². The molecule has 3 aromatic carbocycles. The zero-order valence-corrected chi connectivity index (χ0v) is 26.1. The van der Waals surface area contributed by atoms with Gasteiger partial charge in [0.25, 0.3) is 0 Å². The molecule has 0 aliphatic carbocycles. The van der Waals surface area contributed by atoms with E-state index in [1.165, 1.54) is 7.11 Å². The van der Waals surface area contributed by atoms with Crippen molar-refractivity contribution in [3.63, 3.8) is 0 Å². The zero-order valence-electron chi connectivity index (χ0n) is 26.1. The standard InChI is InChI=1S/C34H36N2O12/c1-41-32-30(47-27(38)18-36-34(40)44-20-23-13-7-3-8-14-23)29(28-25(45-32)21-42-31(48-28)24-15-9-4-10-16-24)46-26(37)17-35-33(39)43-19-22-11-5-2-6-12-22/h2-16,25,28-32H,17-21H2,1H3,(H,35,39)(H,36,40). The van der Waals surface area contributed by atoms with Gasteiger partial charge in [0.1, 0.15) is 38.5 Å². The van der Waals surface area contributed by atoms with Crippen LogP contribution in [0.4, 0.5) is 9.59 Å². The molecule has 2 aliphatic heterocycles. The molecule has 6 atom stereocenters. The average Bonchev–Trinajstić information content (AvgIpc) is 3.13. The van der Waals surface area contributed by atoms with Gasteiger partial charge in [-0.05, 0) is 11.1 Å². The van der Waals surface area contributed by atoms with Crippen molar-refractivity contribution in [1.82, 2.24) is 10.6 Å². The van der Waals surface area contributed by atoms with Gasteiger partial charge in [-0.25, -0.2) is 9.59 Å². The van der Waals surface area contributed by atoms with Gasteiger partial charge in [-0.3, -0.25) is 9.59 Å². The summed E-state index contributed by atoms with van der Waals surface area (Å²) in [4.78, 5) is 50.5. The highest BCUT2D eigenvalue weighted by atomic mass is 16.8. The molecule has 2 heterocycles. The van der Waals surface area contributed by atoms with Gasteiger partial charge in [-0.1, -0.05) is 91.0 Å². The van der Waals surface area contributed by atoms with Crippen LogP contribution in [0.3, 0.4) is 0 Å². The number of alkyl carbamates (subject to hydrolysis) is 2. The largest absolute Gasteiger partial charge is 0.454 e. The average molecular weight is 665 g/mol. The van der Waals surface area contributed by atoms with E-state index in [1.807, 2.05) is 30.3 Å². The first-order valence-corrected chi connectivity index (χ1v) is 15.2. The number of fused-ring (bicyclic) bond motifs is 1. The lowest BCUT2D eigenvalue weighted by molar-refractivity contribution is -0.359. The van der Waals surface area contributed by atoms with Gasteiger partial charge < -0.3 is 48.5 Å². The second-order valence-corrected chi connectivity index (χ2v) is 10.7. The number of esters is 2. The molecule has 0 aromatic heterocycles. The molecular formula is C34H36N2O12. The molecule has 0 radical (unpaired) electrons. The summed E-state index contributed by atoms with van der Waals surface area (Å²) < 4.78 is 45.3. The van der Waals surface area contributed by atoms with Crippen molar-refractivity contribution in [2.24, 2.45) is 0 Å². The van der Waals surface area contributed by atoms with Gasteiger partial charge >= 0.3 is 24.1 Å². The number of amides is 2. The molecule has 0 saturated carbocycles. The van der Waals surface area contributed by atoms with Gasteiger partial charge in [-0.2, -0.15) is 0 Å². The Morgan fingerprint density at radius 3 is 1.71 bits per heavy atom. The minimum Gasteiger partial charge on any atom is -0.454 e. The van der Waals surface area contributed by atoms with E-state index in [9.17, 15) is 19.2 Å². The topological polar surface area (TPSA) is 166 Å². The SMILES string of the molecule is COC1OC2COC(c3ccccc3)OC2C(OC(=O)CNC(=O)OCc2ccccc2)C1OC(=O)CNC(=O)OCc1ccccc1. The van der Waals surface area contributed by atoms with Crippen LogP contribution >= 0.6 is 0 Å². The summed E-state index contributed by atoms with van der Waals surface area (Å²) in [6, 6.07) is 27.1. The second kappa shape index (κ2) is 17.2. The number of ether oxygens (including phenoxy) is 8. The molecule has 14 heteroatoms. The molecule has 2 fully saturated rings. The summed E-state index contributed by atoms with van der Waals surface area (Å²) in [5, 5.41) is 4.69. The van der Waals surface area contributed by atoms with Crippen molar-refractivity contribution in [3.05, 3.63) is 108 Å². The molecule has 2 aliphatic rings. The lowest BCUT2D eigenvalue weighted by Crippen LogP contribution is -2.64. The summed E-state index contributed by atoms with van der Waals surface area (Å²) >= 11 is 0. The highest BCUT2D eigenvalue weighted by molar-refractivity contribution is 5.79. The molecule has 3 aromatic rings. The fraction of sp³-hybridized carbons (Fsp3) is 0.353. The van der Waals surface area contributed by atoms with Crippen molar-refractivity contribution in [1.29, 1.82) is 0 Å². The number of benzene rings is 3. The first-order chi connectivity index (χ1) is 23.4. The quantitative estimate of drug-likeness (QED) is 0.215. The number of carbonyl (C=O) groups is 4. The minimum absolute atomic E-state index is 0.000847. The fourth-order valence-electron chi connectivity index (χ4n) is 5.00. The third-order valence-electron chi connectivity index (χ3n) is 7.30. The Kier molecular flexibility index (Phi) is 12.3. The van der Waals surface area contributed by atoms with Crippen molar-refractivity contribution in [2.75, 3.05) is 26.8 Å². The van der Waals surface area contributed by atoms with E-state index in [2.05, 4.69) is 10.6 Å².